The van der Waals surface area contributed by atoms with Crippen LogP contribution in [0.1, 0.15) is 25.5 Å². The summed E-state index contributed by atoms with van der Waals surface area (Å²) in [5.41, 5.74) is 7.37. The zero-order valence-electron chi connectivity index (χ0n) is 10.8. The lowest BCUT2D eigenvalue weighted by molar-refractivity contribution is -0.132. The van der Waals surface area contributed by atoms with Crippen molar-refractivity contribution in [3.63, 3.8) is 0 Å². The van der Waals surface area contributed by atoms with Gasteiger partial charge in [-0.1, -0.05) is 17.7 Å². The third kappa shape index (κ3) is 2.72. The first-order valence-corrected chi connectivity index (χ1v) is 6.43. The number of nitrogens with zero attached hydrogens (tertiary/aromatic N) is 1. The number of carbonyl (C=O) groups is 2. The van der Waals surface area contributed by atoms with Crippen LogP contribution in [-0.2, 0) is 9.59 Å². The minimum atomic E-state index is -0.434. The summed E-state index contributed by atoms with van der Waals surface area (Å²) >= 11 is 6.23. The summed E-state index contributed by atoms with van der Waals surface area (Å²) in [6.45, 7) is 3.72. The molecule has 1 fully saturated rings. The summed E-state index contributed by atoms with van der Waals surface area (Å²) in [7, 11) is 0. The van der Waals surface area contributed by atoms with E-state index in [0.29, 0.717) is 10.7 Å². The summed E-state index contributed by atoms with van der Waals surface area (Å²) in [5.74, 6) is -0.640. The summed E-state index contributed by atoms with van der Waals surface area (Å²) in [5, 5.41) is 2.79. The van der Waals surface area contributed by atoms with E-state index in [9.17, 15) is 9.59 Å². The van der Waals surface area contributed by atoms with E-state index >= 15 is 0 Å². The monoisotopic (exact) mass is 281 g/mol. The van der Waals surface area contributed by atoms with E-state index in [1.54, 1.807) is 24.0 Å². The molecule has 0 radical (unpaired) electrons. The van der Waals surface area contributed by atoms with Gasteiger partial charge in [0.2, 0.25) is 11.8 Å². The van der Waals surface area contributed by atoms with Crippen LogP contribution in [0.2, 0.25) is 5.02 Å². The van der Waals surface area contributed by atoms with Crippen LogP contribution in [0.25, 0.3) is 0 Å². The number of amides is 2. The second-order valence-corrected chi connectivity index (χ2v) is 5.12. The maximum atomic E-state index is 11.6. The number of nitrogens with one attached hydrogen (secondary N) is 1. The Hall–Kier alpha value is -1.59. The normalized spacial score (nSPS) is 21.3. The van der Waals surface area contributed by atoms with Gasteiger partial charge in [-0.3, -0.25) is 14.9 Å². The van der Waals surface area contributed by atoms with Crippen LogP contribution in [0, 0.1) is 0 Å². The molecule has 1 saturated heterocycles. The molecule has 1 heterocycles. The lowest BCUT2D eigenvalue weighted by atomic mass is 10.1. The number of halogens is 1. The summed E-state index contributed by atoms with van der Waals surface area (Å²) < 4.78 is 0. The van der Waals surface area contributed by atoms with Crippen molar-refractivity contribution < 1.29 is 9.59 Å². The van der Waals surface area contributed by atoms with Crippen LogP contribution in [0.15, 0.2) is 18.2 Å². The molecular weight excluding hydrogens is 266 g/mol. The van der Waals surface area contributed by atoms with Gasteiger partial charge < -0.3 is 10.6 Å². The standard InChI is InChI=1S/C13H16ClN3O2/c1-7(15)9-3-4-11(10(14)5-9)17-6-12(18)16-13(19)8(17)2/h3-5,7-8H,6,15H2,1-2H3,(H,16,18,19)/t7-,8?/m0/s1. The Bertz CT molecular complexity index is 531. The van der Waals surface area contributed by atoms with E-state index in [2.05, 4.69) is 5.32 Å². The van der Waals surface area contributed by atoms with Gasteiger partial charge in [-0.05, 0) is 31.5 Å². The Kier molecular flexibility index (Phi) is 3.78. The van der Waals surface area contributed by atoms with Crippen LogP contribution < -0.4 is 16.0 Å². The molecule has 2 atom stereocenters. The van der Waals surface area contributed by atoms with Gasteiger partial charge in [0.05, 0.1) is 17.3 Å². The van der Waals surface area contributed by atoms with Crippen LogP contribution in [0.3, 0.4) is 0 Å². The molecule has 2 amide bonds. The molecule has 0 saturated carbocycles. The Balaban J connectivity index is 2.35. The van der Waals surface area contributed by atoms with Gasteiger partial charge in [0.15, 0.2) is 0 Å². The number of nitrogens with two attached hydrogens (primary N) is 1. The Labute approximate surface area is 116 Å². The highest BCUT2D eigenvalue weighted by molar-refractivity contribution is 6.33. The van der Waals surface area contributed by atoms with E-state index in [4.69, 9.17) is 17.3 Å². The van der Waals surface area contributed by atoms with Crippen molar-refractivity contribution >= 4 is 29.1 Å². The molecule has 1 aromatic carbocycles. The second-order valence-electron chi connectivity index (χ2n) is 4.72. The average Bonchev–Trinajstić information content (AvgIpc) is 2.33. The van der Waals surface area contributed by atoms with Crippen LogP contribution in [0.5, 0.6) is 0 Å². The van der Waals surface area contributed by atoms with Crippen molar-refractivity contribution in [1.82, 2.24) is 5.32 Å². The van der Waals surface area contributed by atoms with Crippen molar-refractivity contribution in [2.75, 3.05) is 11.4 Å². The highest BCUT2D eigenvalue weighted by atomic mass is 35.5. The third-order valence-electron chi connectivity index (χ3n) is 3.23. The maximum Gasteiger partial charge on any atom is 0.249 e. The first kappa shape index (κ1) is 13.8. The van der Waals surface area contributed by atoms with Gasteiger partial charge >= 0.3 is 0 Å². The van der Waals surface area contributed by atoms with E-state index in [1.807, 2.05) is 13.0 Å². The second kappa shape index (κ2) is 5.19. The number of hydrogen-bond donors (Lipinski definition) is 2. The van der Waals surface area contributed by atoms with Gasteiger partial charge in [0.1, 0.15) is 6.04 Å². The Morgan fingerprint density at radius 2 is 2.16 bits per heavy atom. The first-order chi connectivity index (χ1) is 8.90. The van der Waals surface area contributed by atoms with E-state index in [0.717, 1.165) is 5.56 Å². The van der Waals surface area contributed by atoms with Gasteiger partial charge in [-0.15, -0.1) is 0 Å². The molecule has 0 aliphatic carbocycles. The van der Waals surface area contributed by atoms with Gasteiger partial charge in [0.25, 0.3) is 0 Å². The van der Waals surface area contributed by atoms with Gasteiger partial charge in [0, 0.05) is 6.04 Å². The number of anilines is 1. The molecule has 1 aromatic rings. The molecule has 1 aliphatic heterocycles. The predicted molar refractivity (Wildman–Crippen MR) is 74.0 cm³/mol. The van der Waals surface area contributed by atoms with Crippen molar-refractivity contribution in [1.29, 1.82) is 0 Å². The van der Waals surface area contributed by atoms with Crippen molar-refractivity contribution in [3.8, 4) is 0 Å². The molecule has 102 valence electrons. The van der Waals surface area contributed by atoms with Crippen LogP contribution in [-0.4, -0.2) is 24.4 Å². The SMILES string of the molecule is CC1C(=O)NC(=O)CN1c1ccc([C@H](C)N)cc1Cl. The lowest BCUT2D eigenvalue weighted by Crippen LogP contribution is -2.57. The zero-order valence-corrected chi connectivity index (χ0v) is 11.6. The number of rotatable bonds is 2. The minimum Gasteiger partial charge on any atom is -0.349 e. The number of piperazine rings is 1. The molecule has 0 spiro atoms. The number of carbonyl (C=O) groups excluding carboxylic acids is 2. The van der Waals surface area contributed by atoms with E-state index in [-0.39, 0.29) is 24.4 Å². The lowest BCUT2D eigenvalue weighted by Gasteiger charge is -2.34. The van der Waals surface area contributed by atoms with Gasteiger partial charge in [-0.25, -0.2) is 0 Å². The molecule has 1 aliphatic rings. The predicted octanol–water partition coefficient (Wildman–Crippen LogP) is 1.21. The fourth-order valence-electron chi connectivity index (χ4n) is 2.05. The van der Waals surface area contributed by atoms with Crippen LogP contribution >= 0.6 is 11.6 Å². The molecule has 2 rings (SSSR count). The summed E-state index contributed by atoms with van der Waals surface area (Å²) in [4.78, 5) is 24.8. The van der Waals surface area contributed by atoms with Crippen LogP contribution in [0.4, 0.5) is 5.69 Å². The van der Waals surface area contributed by atoms with Crippen molar-refractivity contribution in [2.24, 2.45) is 5.73 Å². The number of hydrogen-bond acceptors (Lipinski definition) is 4. The molecule has 5 nitrogen and oxygen atoms in total. The molecule has 19 heavy (non-hydrogen) atoms. The quantitative estimate of drug-likeness (QED) is 0.799. The highest BCUT2D eigenvalue weighted by Crippen LogP contribution is 2.30. The Morgan fingerprint density at radius 3 is 2.74 bits per heavy atom. The van der Waals surface area contributed by atoms with Crippen molar-refractivity contribution in [2.45, 2.75) is 25.9 Å². The maximum absolute atomic E-state index is 11.6. The van der Waals surface area contributed by atoms with Gasteiger partial charge in [-0.2, -0.15) is 0 Å². The average molecular weight is 282 g/mol. The topological polar surface area (TPSA) is 75.4 Å². The zero-order chi connectivity index (χ0) is 14.2. The fourth-order valence-corrected chi connectivity index (χ4v) is 2.35. The molecule has 0 bridgehead atoms. The first-order valence-electron chi connectivity index (χ1n) is 6.05. The fraction of sp³-hybridized carbons (Fsp3) is 0.385. The van der Waals surface area contributed by atoms with E-state index in [1.165, 1.54) is 0 Å². The number of imide groups is 1. The Morgan fingerprint density at radius 1 is 1.47 bits per heavy atom. The summed E-state index contributed by atoms with van der Waals surface area (Å²) in [6, 6.07) is 4.87. The molecule has 6 heteroatoms. The number of benzene rings is 1. The molecular formula is C13H16ClN3O2. The molecule has 3 N–H and O–H groups in total. The van der Waals surface area contributed by atoms with Crippen molar-refractivity contribution in [3.05, 3.63) is 28.8 Å². The van der Waals surface area contributed by atoms with E-state index < -0.39 is 6.04 Å². The minimum absolute atomic E-state index is 0.115. The highest BCUT2D eigenvalue weighted by Gasteiger charge is 2.31. The molecule has 0 aromatic heterocycles. The third-order valence-corrected chi connectivity index (χ3v) is 3.53. The smallest absolute Gasteiger partial charge is 0.249 e. The largest absolute Gasteiger partial charge is 0.349 e. The molecule has 1 unspecified atom stereocenters. The summed E-state index contributed by atoms with van der Waals surface area (Å²) in [6.07, 6.45) is 0.